The lowest BCUT2D eigenvalue weighted by Crippen LogP contribution is -2.26. The van der Waals surface area contributed by atoms with Gasteiger partial charge in [0.1, 0.15) is 10.0 Å². The SMILES string of the molecule is COC1N=CC(c2nc(Cl)c(N(C)C(=O)CCS(C)=O)s2)=CC1F. The molecule has 0 spiro atoms. The molecular formula is C14H17ClFN3O3S2. The highest BCUT2D eigenvalue weighted by atomic mass is 35.5. The summed E-state index contributed by atoms with van der Waals surface area (Å²) in [6, 6.07) is 0. The number of hydrogen-bond donors (Lipinski definition) is 0. The molecule has 0 aromatic carbocycles. The minimum Gasteiger partial charge on any atom is -0.356 e. The number of dihydropyridines is 1. The quantitative estimate of drug-likeness (QED) is 0.743. The molecule has 24 heavy (non-hydrogen) atoms. The molecule has 3 unspecified atom stereocenters. The molecule has 3 atom stereocenters. The average molecular weight is 394 g/mol. The molecule has 10 heteroatoms. The van der Waals surface area contributed by atoms with E-state index in [1.807, 2.05) is 0 Å². The Morgan fingerprint density at radius 3 is 2.88 bits per heavy atom. The molecule has 0 fully saturated rings. The minimum absolute atomic E-state index is 0.148. The smallest absolute Gasteiger partial charge is 0.228 e. The maximum atomic E-state index is 13.9. The number of alkyl halides is 1. The third kappa shape index (κ3) is 4.47. The number of amides is 1. The van der Waals surface area contributed by atoms with Crippen molar-refractivity contribution in [1.29, 1.82) is 0 Å². The predicted molar refractivity (Wildman–Crippen MR) is 96.2 cm³/mol. The number of allylic oxidation sites excluding steroid dienone is 1. The zero-order valence-electron chi connectivity index (χ0n) is 13.4. The van der Waals surface area contributed by atoms with Crippen molar-refractivity contribution in [3.8, 4) is 0 Å². The van der Waals surface area contributed by atoms with Gasteiger partial charge in [0, 0.05) is 55.2 Å². The van der Waals surface area contributed by atoms with Crippen molar-refractivity contribution in [1.82, 2.24) is 4.98 Å². The molecule has 1 aromatic rings. The maximum absolute atomic E-state index is 13.9. The lowest BCUT2D eigenvalue weighted by Gasteiger charge is -2.17. The highest BCUT2D eigenvalue weighted by molar-refractivity contribution is 7.84. The summed E-state index contributed by atoms with van der Waals surface area (Å²) in [5, 5.41) is 1.08. The lowest BCUT2D eigenvalue weighted by molar-refractivity contribution is -0.117. The number of nitrogens with zero attached hydrogens (tertiary/aromatic N) is 3. The van der Waals surface area contributed by atoms with Gasteiger partial charge in [0.15, 0.2) is 17.6 Å². The molecule has 0 bridgehead atoms. The van der Waals surface area contributed by atoms with Crippen LogP contribution in [0.5, 0.6) is 0 Å². The van der Waals surface area contributed by atoms with Crippen LogP contribution >= 0.6 is 22.9 Å². The van der Waals surface area contributed by atoms with Crippen LogP contribution in [-0.2, 0) is 20.3 Å². The summed E-state index contributed by atoms with van der Waals surface area (Å²) < 4.78 is 29.9. The van der Waals surface area contributed by atoms with E-state index in [1.165, 1.54) is 35.6 Å². The fourth-order valence-electron chi connectivity index (χ4n) is 1.99. The number of aliphatic imine (C=N–C) groups is 1. The molecule has 0 saturated heterocycles. The van der Waals surface area contributed by atoms with Crippen LogP contribution in [0.25, 0.3) is 5.57 Å². The number of aromatic nitrogens is 1. The van der Waals surface area contributed by atoms with Crippen LogP contribution in [0.3, 0.4) is 0 Å². The molecule has 1 amide bonds. The zero-order valence-corrected chi connectivity index (χ0v) is 15.8. The Bertz CT molecular complexity index is 707. The van der Waals surface area contributed by atoms with Gasteiger partial charge in [-0.2, -0.15) is 0 Å². The first kappa shape index (κ1) is 19.2. The minimum atomic E-state index is -1.37. The fraction of sp³-hybridized carbons (Fsp3) is 0.500. The van der Waals surface area contributed by atoms with Crippen LogP contribution in [-0.4, -0.2) is 59.9 Å². The van der Waals surface area contributed by atoms with Gasteiger partial charge in [-0.3, -0.25) is 14.0 Å². The first-order chi connectivity index (χ1) is 11.3. The van der Waals surface area contributed by atoms with E-state index in [0.717, 1.165) is 0 Å². The Morgan fingerprint density at radius 2 is 2.29 bits per heavy atom. The van der Waals surface area contributed by atoms with Gasteiger partial charge in [-0.25, -0.2) is 9.37 Å². The van der Waals surface area contributed by atoms with Crippen molar-refractivity contribution in [2.24, 2.45) is 4.99 Å². The summed E-state index contributed by atoms with van der Waals surface area (Å²) in [5.74, 6) is 0.0723. The summed E-state index contributed by atoms with van der Waals surface area (Å²) >= 11 is 7.28. The van der Waals surface area contributed by atoms with Crippen LogP contribution in [0.2, 0.25) is 5.15 Å². The van der Waals surface area contributed by atoms with Gasteiger partial charge >= 0.3 is 0 Å². The molecule has 0 radical (unpaired) electrons. The van der Waals surface area contributed by atoms with E-state index >= 15 is 0 Å². The highest BCUT2D eigenvalue weighted by Crippen LogP contribution is 2.36. The van der Waals surface area contributed by atoms with Crippen molar-refractivity contribution in [3.63, 3.8) is 0 Å². The van der Waals surface area contributed by atoms with Crippen LogP contribution in [0.1, 0.15) is 11.4 Å². The van der Waals surface area contributed by atoms with Crippen molar-refractivity contribution in [3.05, 3.63) is 16.2 Å². The largest absolute Gasteiger partial charge is 0.356 e. The monoisotopic (exact) mass is 393 g/mol. The number of rotatable bonds is 6. The second-order valence-corrected chi connectivity index (χ2v) is 7.96. The molecule has 1 aromatic heterocycles. The van der Waals surface area contributed by atoms with E-state index in [4.69, 9.17) is 16.3 Å². The summed E-state index contributed by atoms with van der Waals surface area (Å²) in [6.07, 6.45) is 2.30. The van der Waals surface area contributed by atoms with E-state index in [-0.39, 0.29) is 23.2 Å². The number of ether oxygens (including phenoxy) is 1. The molecule has 2 heterocycles. The van der Waals surface area contributed by atoms with Gasteiger partial charge in [0.2, 0.25) is 5.91 Å². The standard InChI is InChI=1S/C14H17ClFN3O3S2/c1-19(10(20)4-5-24(3)21)14-11(15)18-13(23-14)8-6-9(16)12(22-2)17-7-8/h6-7,9,12H,4-5H2,1-3H3. The number of thiazole rings is 1. The highest BCUT2D eigenvalue weighted by Gasteiger charge is 2.25. The van der Waals surface area contributed by atoms with Crippen molar-refractivity contribution >= 4 is 56.4 Å². The lowest BCUT2D eigenvalue weighted by atomic mass is 10.1. The molecule has 0 saturated carbocycles. The second kappa shape index (κ2) is 8.28. The van der Waals surface area contributed by atoms with E-state index < -0.39 is 23.2 Å². The van der Waals surface area contributed by atoms with Gasteiger partial charge in [-0.05, 0) is 6.08 Å². The van der Waals surface area contributed by atoms with Crippen molar-refractivity contribution < 1.29 is 18.1 Å². The number of carbonyl (C=O) groups is 1. The van der Waals surface area contributed by atoms with E-state index in [9.17, 15) is 13.4 Å². The normalized spacial score (nSPS) is 21.5. The van der Waals surface area contributed by atoms with Crippen LogP contribution in [0.4, 0.5) is 9.39 Å². The molecular weight excluding hydrogens is 377 g/mol. The Morgan fingerprint density at radius 1 is 1.58 bits per heavy atom. The van der Waals surface area contributed by atoms with Crippen molar-refractivity contribution in [2.75, 3.05) is 31.1 Å². The number of methoxy groups -OCH3 is 1. The van der Waals surface area contributed by atoms with E-state index in [1.54, 1.807) is 13.3 Å². The predicted octanol–water partition coefficient (Wildman–Crippen LogP) is 2.31. The Labute approximate surface area is 150 Å². The van der Waals surface area contributed by atoms with Gasteiger partial charge in [-0.15, -0.1) is 0 Å². The van der Waals surface area contributed by atoms with Crippen molar-refractivity contribution in [2.45, 2.75) is 18.8 Å². The summed E-state index contributed by atoms with van der Waals surface area (Å²) in [7, 11) is 1.92. The Hall–Kier alpha value is -1.16. The maximum Gasteiger partial charge on any atom is 0.228 e. The first-order valence-corrected chi connectivity index (χ1v) is 9.90. The average Bonchev–Trinajstić information content (AvgIpc) is 2.93. The third-order valence-electron chi connectivity index (χ3n) is 3.31. The van der Waals surface area contributed by atoms with Gasteiger partial charge < -0.3 is 9.64 Å². The van der Waals surface area contributed by atoms with E-state index in [2.05, 4.69) is 9.98 Å². The number of halogens is 2. The molecule has 0 N–H and O–H groups in total. The number of hydrogen-bond acceptors (Lipinski definition) is 6. The molecule has 1 aliphatic rings. The molecule has 132 valence electrons. The van der Waals surface area contributed by atoms with Crippen LogP contribution < -0.4 is 4.90 Å². The van der Waals surface area contributed by atoms with E-state index in [0.29, 0.717) is 15.6 Å². The summed E-state index contributed by atoms with van der Waals surface area (Å²) in [4.78, 5) is 21.6. The topological polar surface area (TPSA) is 71.9 Å². The molecule has 0 aliphatic carbocycles. The van der Waals surface area contributed by atoms with Gasteiger partial charge in [0.05, 0.1) is 0 Å². The zero-order chi connectivity index (χ0) is 17.9. The molecule has 6 nitrogen and oxygen atoms in total. The Balaban J connectivity index is 2.17. The fourth-order valence-corrected chi connectivity index (χ4v) is 3.75. The number of carbonyl (C=O) groups excluding carboxylic acids is 1. The molecule has 2 rings (SSSR count). The number of anilines is 1. The first-order valence-electron chi connectivity index (χ1n) is 6.98. The second-order valence-electron chi connectivity index (χ2n) is 5.07. The third-order valence-corrected chi connectivity index (χ3v) is 5.65. The van der Waals surface area contributed by atoms with Gasteiger partial charge in [0.25, 0.3) is 0 Å². The van der Waals surface area contributed by atoms with Gasteiger partial charge in [-0.1, -0.05) is 22.9 Å². The summed E-state index contributed by atoms with van der Waals surface area (Å²) in [5.41, 5.74) is 0.490. The summed E-state index contributed by atoms with van der Waals surface area (Å²) in [6.45, 7) is 0. The Kier molecular flexibility index (Phi) is 6.62. The molecule has 1 aliphatic heterocycles. The van der Waals surface area contributed by atoms with Crippen LogP contribution in [0.15, 0.2) is 11.1 Å². The van der Waals surface area contributed by atoms with Crippen LogP contribution in [0, 0.1) is 0 Å².